The van der Waals surface area contributed by atoms with Gasteiger partial charge in [0.15, 0.2) is 17.3 Å². The number of fused-ring (bicyclic) bond motifs is 9. The van der Waals surface area contributed by atoms with E-state index in [4.69, 9.17) is 44.2 Å². The van der Waals surface area contributed by atoms with Gasteiger partial charge in [0.05, 0.1) is 57.2 Å². The van der Waals surface area contributed by atoms with E-state index < -0.39 is 0 Å². The molecule has 19 heteroatoms. The average molecular weight is 1220 g/mol. The second-order valence-corrected chi connectivity index (χ2v) is 22.8. The maximum atomic E-state index is 6.26. The van der Waals surface area contributed by atoms with Crippen molar-refractivity contribution in [2.24, 2.45) is 0 Å². The quantitative estimate of drug-likeness (QED) is 0.105. The summed E-state index contributed by atoms with van der Waals surface area (Å²) in [6, 6.07) is 77.3. The standard InChI is InChI=1S/C75H46N17O2/c1-5-13-52(14-6-1)86-44-80-71(83-86)50-24-28-67-63(38-50)60-35-47(21-25-66(60)89(67)55-19-11-4-12-20-55)51-33-56(39-57(34-51)91-73-64(40-76-42-78-73)65-41-77-43-79-74(65)91)90-68-26-22-48(58-29-31-93-70(58)72-81-45-87(84-72)53-15-7-2-8-16-53)36-61(68)62-37-49(23-27-69(62)90)59-30-32-94-75(59)92-82-46-88(85-92)54-17-9-3-10-18-54/h1-46H/q+1. The molecule has 19 rings (SSSR count). The van der Waals surface area contributed by atoms with Gasteiger partial charge in [-0.1, -0.05) is 95.7 Å². The molecule has 0 aliphatic rings. The number of nitrogens with zero attached hydrogens (tertiary/aromatic N) is 17. The van der Waals surface area contributed by atoms with Crippen molar-refractivity contribution in [2.75, 3.05) is 0 Å². The van der Waals surface area contributed by atoms with Gasteiger partial charge in [0.1, 0.15) is 41.8 Å². The zero-order valence-corrected chi connectivity index (χ0v) is 49.5. The van der Waals surface area contributed by atoms with E-state index in [1.807, 2.05) is 126 Å². The highest BCUT2D eigenvalue weighted by Crippen LogP contribution is 2.43. The molecule has 19 aromatic rings. The van der Waals surface area contributed by atoms with Crippen molar-refractivity contribution in [2.45, 2.75) is 0 Å². The van der Waals surface area contributed by atoms with E-state index in [-0.39, 0.29) is 0 Å². The van der Waals surface area contributed by atoms with Gasteiger partial charge in [-0.25, -0.2) is 39.3 Å². The lowest BCUT2D eigenvalue weighted by Crippen LogP contribution is -2.36. The van der Waals surface area contributed by atoms with Crippen molar-refractivity contribution < 1.29 is 13.6 Å². The first-order chi connectivity index (χ1) is 46.6. The number of tetrazole rings is 1. The molecular weight excluding hydrogens is 1170 g/mol. The minimum Gasteiger partial charge on any atom is -0.460 e. The Bertz CT molecular complexity index is 5910. The van der Waals surface area contributed by atoms with Gasteiger partial charge >= 0.3 is 5.88 Å². The summed E-state index contributed by atoms with van der Waals surface area (Å²) in [5.41, 5.74) is 17.1. The number of furan rings is 2. The Morgan fingerprint density at radius 1 is 0.330 bits per heavy atom. The minimum absolute atomic E-state index is 0.461. The van der Waals surface area contributed by atoms with Crippen LogP contribution in [-0.2, 0) is 0 Å². The van der Waals surface area contributed by atoms with Crippen LogP contribution in [0.2, 0.25) is 0 Å². The summed E-state index contributed by atoms with van der Waals surface area (Å²) in [6.45, 7) is 0. The second-order valence-electron chi connectivity index (χ2n) is 22.8. The third-order valence-corrected chi connectivity index (χ3v) is 17.5. The van der Waals surface area contributed by atoms with E-state index >= 15 is 0 Å². The summed E-state index contributed by atoms with van der Waals surface area (Å²) in [5, 5.41) is 25.1. The Morgan fingerprint density at radius 2 is 0.798 bits per heavy atom. The Labute approximate surface area is 532 Å². The van der Waals surface area contributed by atoms with Gasteiger partial charge in [-0.2, -0.15) is 0 Å². The Hall–Kier alpha value is -13.6. The van der Waals surface area contributed by atoms with Crippen LogP contribution in [0.5, 0.6) is 0 Å². The lowest BCUT2D eigenvalue weighted by molar-refractivity contribution is -0.727. The van der Waals surface area contributed by atoms with Crippen molar-refractivity contribution in [1.82, 2.24) is 78.2 Å². The van der Waals surface area contributed by atoms with Gasteiger partial charge in [-0.05, 0) is 161 Å². The highest BCUT2D eigenvalue weighted by Gasteiger charge is 2.26. The molecule has 0 amide bonds. The average Bonchev–Trinajstić information content (AvgIpc) is 1.59. The molecule has 0 aliphatic heterocycles. The molecular formula is C75H46N17O2+. The third kappa shape index (κ3) is 8.49. The largest absolute Gasteiger partial charge is 0.460 e. The minimum atomic E-state index is 0.461. The molecule has 0 radical (unpaired) electrons. The fourth-order valence-corrected chi connectivity index (χ4v) is 13.2. The van der Waals surface area contributed by atoms with E-state index in [2.05, 4.69) is 144 Å². The van der Waals surface area contributed by atoms with Gasteiger partial charge in [0, 0.05) is 72.0 Å². The van der Waals surface area contributed by atoms with Gasteiger partial charge in [-0.3, -0.25) is 4.57 Å². The first-order valence-electron chi connectivity index (χ1n) is 30.4. The maximum absolute atomic E-state index is 6.26. The van der Waals surface area contributed by atoms with E-state index in [9.17, 15) is 0 Å². The van der Waals surface area contributed by atoms with Crippen LogP contribution >= 0.6 is 0 Å². The predicted molar refractivity (Wildman–Crippen MR) is 359 cm³/mol. The molecule has 19 nitrogen and oxygen atoms in total. The second kappa shape index (κ2) is 21.0. The van der Waals surface area contributed by atoms with Crippen LogP contribution in [0.15, 0.2) is 290 Å². The number of aromatic nitrogens is 17. The summed E-state index contributed by atoms with van der Waals surface area (Å²) in [7, 11) is 0. The maximum Gasteiger partial charge on any atom is 0.347 e. The van der Waals surface area contributed by atoms with Crippen LogP contribution in [0.25, 0.3) is 162 Å². The Balaban J connectivity index is 0.831. The molecule has 0 aliphatic carbocycles. The summed E-state index contributed by atoms with van der Waals surface area (Å²) in [5.74, 6) is 2.10. The monoisotopic (exact) mass is 1220 g/mol. The SMILES string of the molecule is c1ccc(-n2cnc(-c3ccc4c(c3)c3cc(-c5cc(-n6c7ccc(-c8ccoc8-c8ncn(-c9ccccc9)n8)cc7c7cc(-c8ccoc8-[n+]8ncn(-c9ccccc9)n8)ccc76)cc(-n6c7ncncc7c7cncnc76)c5)ccc3n4-c3ccccc3)n2)cc1. The van der Waals surface area contributed by atoms with Crippen molar-refractivity contribution in [3.05, 3.63) is 281 Å². The Morgan fingerprint density at radius 3 is 1.40 bits per heavy atom. The van der Waals surface area contributed by atoms with E-state index in [1.165, 1.54) is 4.80 Å². The molecule has 94 heavy (non-hydrogen) atoms. The fourth-order valence-electron chi connectivity index (χ4n) is 13.2. The van der Waals surface area contributed by atoms with Crippen molar-refractivity contribution in [1.29, 1.82) is 0 Å². The molecule has 10 heterocycles. The van der Waals surface area contributed by atoms with Crippen LogP contribution in [0.4, 0.5) is 0 Å². The van der Waals surface area contributed by atoms with Crippen LogP contribution < -0.4 is 4.80 Å². The molecule has 0 saturated carbocycles. The third-order valence-electron chi connectivity index (χ3n) is 17.5. The van der Waals surface area contributed by atoms with Crippen LogP contribution in [0.1, 0.15) is 0 Å². The summed E-state index contributed by atoms with van der Waals surface area (Å²) >= 11 is 0. The molecule has 442 valence electrons. The highest BCUT2D eigenvalue weighted by atomic mass is 16.3. The molecule has 0 saturated heterocycles. The van der Waals surface area contributed by atoms with Gasteiger partial charge < -0.3 is 18.0 Å². The van der Waals surface area contributed by atoms with Crippen LogP contribution in [0.3, 0.4) is 0 Å². The number of hydrogen-bond donors (Lipinski definition) is 0. The van der Waals surface area contributed by atoms with Crippen molar-refractivity contribution >= 4 is 65.7 Å². The van der Waals surface area contributed by atoms with Gasteiger partial charge in [0.2, 0.25) is 5.82 Å². The molecule has 0 N–H and O–H groups in total. The number of benzene rings is 9. The highest BCUT2D eigenvalue weighted by molar-refractivity contribution is 6.14. The number of hydrogen-bond acceptors (Lipinski definition) is 12. The molecule has 0 spiro atoms. The zero-order valence-electron chi connectivity index (χ0n) is 49.5. The van der Waals surface area contributed by atoms with Gasteiger partial charge in [0.25, 0.3) is 6.33 Å². The normalized spacial score (nSPS) is 11.8. The lowest BCUT2D eigenvalue weighted by atomic mass is 10.0. The smallest absolute Gasteiger partial charge is 0.347 e. The van der Waals surface area contributed by atoms with Crippen LogP contribution in [0, 0.1) is 0 Å². The van der Waals surface area contributed by atoms with Crippen molar-refractivity contribution in [3.8, 4) is 96.4 Å². The molecule has 9 aromatic carbocycles. The first kappa shape index (κ1) is 52.4. The van der Waals surface area contributed by atoms with Gasteiger partial charge in [-0.15, -0.1) is 10.2 Å². The summed E-state index contributed by atoms with van der Waals surface area (Å²) < 4.78 is 24.6. The van der Waals surface area contributed by atoms with Crippen molar-refractivity contribution in [3.63, 3.8) is 0 Å². The summed E-state index contributed by atoms with van der Waals surface area (Å²) in [6.07, 6.45) is 15.3. The van der Waals surface area contributed by atoms with E-state index in [0.29, 0.717) is 34.6 Å². The first-order valence-corrected chi connectivity index (χ1v) is 30.4. The van der Waals surface area contributed by atoms with E-state index in [0.717, 1.165) is 127 Å². The Kier molecular flexibility index (Phi) is 11.7. The molecule has 10 aromatic heterocycles. The molecule has 0 fully saturated rings. The topological polar surface area (TPSA) is 189 Å². The fraction of sp³-hybridized carbons (Fsp3) is 0. The number of para-hydroxylation sites is 4. The molecule has 0 bridgehead atoms. The van der Waals surface area contributed by atoms with Crippen LogP contribution in [-0.4, -0.2) is 78.2 Å². The lowest BCUT2D eigenvalue weighted by Gasteiger charge is -2.16. The summed E-state index contributed by atoms with van der Waals surface area (Å²) in [4.78, 5) is 29.9. The zero-order chi connectivity index (χ0) is 61.8. The predicted octanol–water partition coefficient (Wildman–Crippen LogP) is 15.1. The number of rotatable bonds is 12. The molecule has 0 atom stereocenters. The van der Waals surface area contributed by atoms with E-state index in [1.54, 1.807) is 53.5 Å². The molecule has 0 unspecified atom stereocenters.